The number of aliphatic hydroxyl groups is 1. The lowest BCUT2D eigenvalue weighted by molar-refractivity contribution is 0.170. The molecule has 2 aromatic rings. The van der Waals surface area contributed by atoms with E-state index in [9.17, 15) is 14.3 Å². The Morgan fingerprint density at radius 2 is 1.87 bits per heavy atom. The van der Waals surface area contributed by atoms with Crippen LogP contribution in [0, 0.1) is 5.82 Å². The van der Waals surface area contributed by atoms with Crippen LogP contribution in [0.15, 0.2) is 48.5 Å². The SMILES string of the molecule is O=C(NCc1ccc(F)c(Cl)c1)NCC(O)Cc1ccccc1. The number of aliphatic hydroxyl groups excluding tert-OH is 1. The van der Waals surface area contributed by atoms with Gasteiger partial charge < -0.3 is 15.7 Å². The third kappa shape index (κ3) is 5.88. The highest BCUT2D eigenvalue weighted by atomic mass is 35.5. The molecule has 0 spiro atoms. The highest BCUT2D eigenvalue weighted by molar-refractivity contribution is 6.30. The number of amides is 2. The second-order valence-corrected chi connectivity index (χ2v) is 5.56. The molecule has 0 bridgehead atoms. The molecule has 6 heteroatoms. The molecule has 1 atom stereocenters. The molecule has 3 N–H and O–H groups in total. The van der Waals surface area contributed by atoms with Crippen LogP contribution in [0.4, 0.5) is 9.18 Å². The third-order valence-corrected chi connectivity index (χ3v) is 3.54. The Labute approximate surface area is 139 Å². The fourth-order valence-electron chi connectivity index (χ4n) is 2.06. The summed E-state index contributed by atoms with van der Waals surface area (Å²) < 4.78 is 13.0. The lowest BCUT2D eigenvalue weighted by Crippen LogP contribution is -2.40. The molecule has 0 heterocycles. The number of nitrogens with one attached hydrogen (secondary N) is 2. The Hall–Kier alpha value is -2.11. The summed E-state index contributed by atoms with van der Waals surface area (Å²) in [5.74, 6) is -0.496. The maximum Gasteiger partial charge on any atom is 0.315 e. The van der Waals surface area contributed by atoms with Crippen LogP contribution < -0.4 is 10.6 Å². The smallest absolute Gasteiger partial charge is 0.315 e. The summed E-state index contributed by atoms with van der Waals surface area (Å²) in [7, 11) is 0. The molecule has 0 aliphatic heterocycles. The molecule has 0 aromatic heterocycles. The predicted molar refractivity (Wildman–Crippen MR) is 87.8 cm³/mol. The highest BCUT2D eigenvalue weighted by Gasteiger charge is 2.08. The van der Waals surface area contributed by atoms with E-state index in [0.29, 0.717) is 12.0 Å². The van der Waals surface area contributed by atoms with Gasteiger partial charge in [0.15, 0.2) is 0 Å². The normalized spacial score (nSPS) is 11.8. The lowest BCUT2D eigenvalue weighted by Gasteiger charge is -2.13. The summed E-state index contributed by atoms with van der Waals surface area (Å²) in [6, 6.07) is 13.4. The Bertz CT molecular complexity index is 652. The molecule has 2 amide bonds. The van der Waals surface area contributed by atoms with Crippen LogP contribution in [-0.4, -0.2) is 23.8 Å². The van der Waals surface area contributed by atoms with Crippen molar-refractivity contribution in [3.05, 3.63) is 70.5 Å². The van der Waals surface area contributed by atoms with Gasteiger partial charge in [0.25, 0.3) is 0 Å². The maximum absolute atomic E-state index is 13.0. The summed E-state index contributed by atoms with van der Waals surface area (Å²) in [5, 5.41) is 15.1. The van der Waals surface area contributed by atoms with E-state index in [2.05, 4.69) is 10.6 Å². The summed E-state index contributed by atoms with van der Waals surface area (Å²) in [6.45, 7) is 0.367. The predicted octanol–water partition coefficient (Wildman–Crippen LogP) is 2.88. The zero-order valence-electron chi connectivity index (χ0n) is 12.4. The van der Waals surface area contributed by atoms with Crippen LogP contribution in [0.5, 0.6) is 0 Å². The minimum absolute atomic E-state index is 0.0167. The van der Waals surface area contributed by atoms with Crippen molar-refractivity contribution >= 4 is 17.6 Å². The van der Waals surface area contributed by atoms with Gasteiger partial charge in [-0.1, -0.05) is 48.0 Å². The minimum Gasteiger partial charge on any atom is -0.391 e. The largest absolute Gasteiger partial charge is 0.391 e. The molecular weight excluding hydrogens is 319 g/mol. The van der Waals surface area contributed by atoms with Gasteiger partial charge in [-0.05, 0) is 23.3 Å². The first-order chi connectivity index (χ1) is 11.0. The van der Waals surface area contributed by atoms with Crippen LogP contribution >= 0.6 is 11.6 Å². The fourth-order valence-corrected chi connectivity index (χ4v) is 2.27. The first kappa shape index (κ1) is 17.2. The van der Waals surface area contributed by atoms with Crippen LogP contribution in [0.25, 0.3) is 0 Å². The van der Waals surface area contributed by atoms with E-state index in [4.69, 9.17) is 11.6 Å². The maximum atomic E-state index is 13.0. The van der Waals surface area contributed by atoms with Crippen LogP contribution in [0.1, 0.15) is 11.1 Å². The van der Waals surface area contributed by atoms with Gasteiger partial charge in [0.05, 0.1) is 11.1 Å². The zero-order chi connectivity index (χ0) is 16.7. The third-order valence-electron chi connectivity index (χ3n) is 3.25. The second kappa shape index (κ2) is 8.50. The molecular formula is C17H18ClFN2O2. The summed E-state index contributed by atoms with van der Waals surface area (Å²) >= 11 is 5.67. The molecule has 0 saturated carbocycles. The first-order valence-corrected chi connectivity index (χ1v) is 7.60. The van der Waals surface area contributed by atoms with Gasteiger partial charge in [0.1, 0.15) is 5.82 Å². The van der Waals surface area contributed by atoms with Gasteiger partial charge >= 0.3 is 6.03 Å². The van der Waals surface area contributed by atoms with E-state index in [1.54, 1.807) is 6.07 Å². The Kier molecular flexibility index (Phi) is 6.38. The van der Waals surface area contributed by atoms with E-state index >= 15 is 0 Å². The van der Waals surface area contributed by atoms with E-state index in [0.717, 1.165) is 5.56 Å². The zero-order valence-corrected chi connectivity index (χ0v) is 13.2. The number of urea groups is 1. The molecule has 122 valence electrons. The van der Waals surface area contributed by atoms with Crippen molar-refractivity contribution in [2.45, 2.75) is 19.1 Å². The van der Waals surface area contributed by atoms with Gasteiger partial charge in [-0.2, -0.15) is 0 Å². The van der Waals surface area contributed by atoms with E-state index < -0.39 is 18.0 Å². The number of rotatable bonds is 6. The van der Waals surface area contributed by atoms with Gasteiger partial charge in [-0.15, -0.1) is 0 Å². The fraction of sp³-hybridized carbons (Fsp3) is 0.235. The van der Waals surface area contributed by atoms with Crippen molar-refractivity contribution in [2.24, 2.45) is 0 Å². The lowest BCUT2D eigenvalue weighted by atomic mass is 10.1. The summed E-state index contributed by atoms with van der Waals surface area (Å²) in [4.78, 5) is 11.7. The molecule has 4 nitrogen and oxygen atoms in total. The average Bonchev–Trinajstić information content (AvgIpc) is 2.55. The standard InChI is InChI=1S/C17H18ClFN2O2/c18-15-9-13(6-7-16(15)19)10-20-17(23)21-11-14(22)8-12-4-2-1-3-5-12/h1-7,9,14,22H,8,10-11H2,(H2,20,21,23). The topological polar surface area (TPSA) is 61.4 Å². The van der Waals surface area contributed by atoms with Crippen LogP contribution in [0.2, 0.25) is 5.02 Å². The van der Waals surface area contributed by atoms with Crippen LogP contribution in [-0.2, 0) is 13.0 Å². The number of carbonyl (C=O) groups excluding carboxylic acids is 1. The molecule has 0 radical (unpaired) electrons. The van der Waals surface area contributed by atoms with E-state index in [1.165, 1.54) is 12.1 Å². The number of benzene rings is 2. The minimum atomic E-state index is -0.664. The van der Waals surface area contributed by atoms with Gasteiger partial charge in [-0.25, -0.2) is 9.18 Å². The molecule has 2 rings (SSSR count). The monoisotopic (exact) mass is 336 g/mol. The van der Waals surface area contributed by atoms with Crippen molar-refractivity contribution in [3.63, 3.8) is 0 Å². The summed E-state index contributed by atoms with van der Waals surface area (Å²) in [5.41, 5.74) is 1.69. The Balaban J connectivity index is 1.71. The van der Waals surface area contributed by atoms with Gasteiger partial charge in [-0.3, -0.25) is 0 Å². The van der Waals surface area contributed by atoms with Crippen molar-refractivity contribution in [2.75, 3.05) is 6.54 Å². The van der Waals surface area contributed by atoms with Crippen LogP contribution in [0.3, 0.4) is 0 Å². The quantitative estimate of drug-likeness (QED) is 0.759. The molecule has 23 heavy (non-hydrogen) atoms. The van der Waals surface area contributed by atoms with Gasteiger partial charge in [0.2, 0.25) is 0 Å². The molecule has 2 aromatic carbocycles. The Morgan fingerprint density at radius 1 is 1.13 bits per heavy atom. The number of carbonyl (C=O) groups is 1. The number of halogens is 2. The molecule has 1 unspecified atom stereocenters. The highest BCUT2D eigenvalue weighted by Crippen LogP contribution is 2.15. The number of hydrogen-bond donors (Lipinski definition) is 3. The number of hydrogen-bond acceptors (Lipinski definition) is 2. The van der Waals surface area contributed by atoms with Crippen molar-refractivity contribution in [1.29, 1.82) is 0 Å². The van der Waals surface area contributed by atoms with Crippen molar-refractivity contribution in [3.8, 4) is 0 Å². The van der Waals surface area contributed by atoms with Crippen molar-refractivity contribution in [1.82, 2.24) is 10.6 Å². The summed E-state index contributed by atoms with van der Waals surface area (Å²) in [6.07, 6.45) is -0.197. The van der Waals surface area contributed by atoms with E-state index in [-0.39, 0.29) is 18.1 Å². The molecule has 0 aliphatic carbocycles. The first-order valence-electron chi connectivity index (χ1n) is 7.22. The second-order valence-electron chi connectivity index (χ2n) is 5.16. The van der Waals surface area contributed by atoms with E-state index in [1.807, 2.05) is 30.3 Å². The van der Waals surface area contributed by atoms with Gasteiger partial charge in [0, 0.05) is 19.5 Å². The Morgan fingerprint density at radius 3 is 2.57 bits per heavy atom. The van der Waals surface area contributed by atoms with Crippen molar-refractivity contribution < 1.29 is 14.3 Å². The molecule has 0 saturated heterocycles. The molecule has 0 aliphatic rings. The average molecular weight is 337 g/mol. The molecule has 0 fully saturated rings.